The lowest BCUT2D eigenvalue weighted by Gasteiger charge is -2.36. The van der Waals surface area contributed by atoms with Gasteiger partial charge in [0, 0.05) is 37.9 Å². The van der Waals surface area contributed by atoms with Crippen molar-refractivity contribution in [1.29, 1.82) is 0 Å². The molecule has 142 valence electrons. The van der Waals surface area contributed by atoms with Crippen LogP contribution in [0.15, 0.2) is 48.5 Å². The first kappa shape index (κ1) is 18.7. The van der Waals surface area contributed by atoms with Crippen molar-refractivity contribution in [2.24, 2.45) is 0 Å². The average Bonchev–Trinajstić information content (AvgIpc) is 2.68. The minimum absolute atomic E-state index is 0.225. The smallest absolute Gasteiger partial charge is 0.233 e. The maximum absolute atomic E-state index is 13.9. The maximum atomic E-state index is 13.9. The molecule has 1 fully saturated rings. The van der Waals surface area contributed by atoms with Gasteiger partial charge in [0.2, 0.25) is 11.8 Å². The molecule has 1 saturated heterocycles. The van der Waals surface area contributed by atoms with E-state index in [-0.39, 0.29) is 24.1 Å². The number of anilines is 2. The summed E-state index contributed by atoms with van der Waals surface area (Å²) in [5.41, 5.74) is 1.12. The van der Waals surface area contributed by atoms with Gasteiger partial charge in [-0.05, 0) is 24.3 Å². The van der Waals surface area contributed by atoms with Crippen LogP contribution in [0, 0.1) is 5.82 Å². The number of hydrogen-bond acceptors (Lipinski definition) is 4. The van der Waals surface area contributed by atoms with Crippen LogP contribution in [0.2, 0.25) is 0 Å². The Morgan fingerprint density at radius 2 is 1.81 bits per heavy atom. The highest BCUT2D eigenvalue weighted by molar-refractivity contribution is 6.03. The van der Waals surface area contributed by atoms with Gasteiger partial charge in [-0.15, -0.1) is 0 Å². The molecule has 3 rings (SSSR count). The number of carbonyl (C=O) groups is 2. The number of halogens is 1. The van der Waals surface area contributed by atoms with Gasteiger partial charge in [0.25, 0.3) is 0 Å². The molecule has 0 atom stereocenters. The van der Waals surface area contributed by atoms with Crippen LogP contribution in [-0.2, 0) is 9.59 Å². The van der Waals surface area contributed by atoms with Crippen molar-refractivity contribution < 1.29 is 18.7 Å². The number of nitrogens with zero attached hydrogens (tertiary/aromatic N) is 2. The summed E-state index contributed by atoms with van der Waals surface area (Å²) >= 11 is 0. The third-order valence-corrected chi connectivity index (χ3v) is 4.49. The number of rotatable bonds is 5. The predicted octanol–water partition coefficient (Wildman–Crippen LogP) is 2.51. The van der Waals surface area contributed by atoms with Crippen LogP contribution in [0.4, 0.5) is 15.8 Å². The second-order valence-electron chi connectivity index (χ2n) is 6.28. The summed E-state index contributed by atoms with van der Waals surface area (Å²) in [6, 6.07) is 13.6. The summed E-state index contributed by atoms with van der Waals surface area (Å²) in [7, 11) is 1.55. The molecule has 1 N–H and O–H groups in total. The van der Waals surface area contributed by atoms with Crippen molar-refractivity contribution >= 4 is 23.2 Å². The Bertz CT molecular complexity index is 820. The Balaban J connectivity index is 1.50. The van der Waals surface area contributed by atoms with Gasteiger partial charge in [0.05, 0.1) is 12.8 Å². The van der Waals surface area contributed by atoms with Crippen LogP contribution in [0.5, 0.6) is 5.75 Å². The molecule has 0 aromatic heterocycles. The lowest BCUT2D eigenvalue weighted by atomic mass is 10.2. The molecule has 6 nitrogen and oxygen atoms in total. The maximum Gasteiger partial charge on any atom is 0.233 e. The van der Waals surface area contributed by atoms with Crippen LogP contribution in [0.25, 0.3) is 0 Å². The number of carbonyl (C=O) groups excluding carboxylic acids is 2. The molecule has 0 radical (unpaired) electrons. The van der Waals surface area contributed by atoms with Crippen LogP contribution in [0.1, 0.15) is 6.42 Å². The topological polar surface area (TPSA) is 61.9 Å². The van der Waals surface area contributed by atoms with Crippen molar-refractivity contribution in [3.05, 3.63) is 54.3 Å². The van der Waals surface area contributed by atoms with Crippen molar-refractivity contribution in [3.8, 4) is 5.75 Å². The monoisotopic (exact) mass is 371 g/mol. The molecule has 1 aliphatic heterocycles. The second kappa shape index (κ2) is 8.53. The molecular formula is C20H22FN3O3. The summed E-state index contributed by atoms with van der Waals surface area (Å²) in [5.74, 6) is -0.244. The lowest BCUT2D eigenvalue weighted by molar-refractivity contribution is -0.134. The molecule has 7 heteroatoms. The third kappa shape index (κ3) is 4.75. The Morgan fingerprint density at radius 1 is 1.07 bits per heavy atom. The Kier molecular flexibility index (Phi) is 5.90. The molecule has 0 unspecified atom stereocenters. The standard InChI is InChI=1S/C20H22FN3O3/c1-27-16-6-4-5-15(13-16)22-19(25)14-20(26)24-11-9-23(10-12-24)18-8-3-2-7-17(18)21/h2-8,13H,9-12,14H2,1H3,(H,22,25). The first-order valence-corrected chi connectivity index (χ1v) is 8.78. The third-order valence-electron chi connectivity index (χ3n) is 4.49. The van der Waals surface area contributed by atoms with E-state index in [1.165, 1.54) is 6.07 Å². The van der Waals surface area contributed by atoms with Crippen LogP contribution in [0.3, 0.4) is 0 Å². The number of nitrogens with one attached hydrogen (secondary N) is 1. The summed E-state index contributed by atoms with van der Waals surface area (Å²) in [4.78, 5) is 28.1. The van der Waals surface area contributed by atoms with Gasteiger partial charge in [-0.1, -0.05) is 18.2 Å². The highest BCUT2D eigenvalue weighted by atomic mass is 19.1. The fourth-order valence-corrected chi connectivity index (χ4v) is 3.06. The summed E-state index contributed by atoms with van der Waals surface area (Å²) < 4.78 is 19.0. The Hall–Kier alpha value is -3.09. The number of hydrogen-bond donors (Lipinski definition) is 1. The van der Waals surface area contributed by atoms with Gasteiger partial charge in [-0.25, -0.2) is 4.39 Å². The molecule has 0 spiro atoms. The molecule has 1 aliphatic rings. The first-order chi connectivity index (χ1) is 13.1. The number of piperazine rings is 1. The zero-order chi connectivity index (χ0) is 19.2. The van der Waals surface area contributed by atoms with E-state index >= 15 is 0 Å². The van der Waals surface area contributed by atoms with Gasteiger partial charge in [0.15, 0.2) is 0 Å². The molecule has 1 heterocycles. The molecule has 0 aliphatic carbocycles. The molecule has 0 bridgehead atoms. The second-order valence-corrected chi connectivity index (χ2v) is 6.28. The number of methoxy groups -OCH3 is 1. The zero-order valence-corrected chi connectivity index (χ0v) is 15.2. The highest BCUT2D eigenvalue weighted by Gasteiger charge is 2.24. The normalized spacial score (nSPS) is 14.0. The minimum atomic E-state index is -0.371. The average molecular weight is 371 g/mol. The molecule has 2 amide bonds. The van der Waals surface area contributed by atoms with Crippen LogP contribution in [-0.4, -0.2) is 50.0 Å². The van der Waals surface area contributed by atoms with E-state index < -0.39 is 0 Å². The number of ether oxygens (including phenoxy) is 1. The van der Waals surface area contributed by atoms with E-state index in [9.17, 15) is 14.0 Å². The van der Waals surface area contributed by atoms with Gasteiger partial charge < -0.3 is 19.9 Å². The van der Waals surface area contributed by atoms with Crippen molar-refractivity contribution in [2.75, 3.05) is 43.5 Å². The largest absolute Gasteiger partial charge is 0.497 e. The number of benzene rings is 2. The van der Waals surface area contributed by atoms with Gasteiger partial charge in [-0.2, -0.15) is 0 Å². The van der Waals surface area contributed by atoms with Crippen molar-refractivity contribution in [1.82, 2.24) is 4.90 Å². The first-order valence-electron chi connectivity index (χ1n) is 8.78. The van der Waals surface area contributed by atoms with E-state index in [0.29, 0.717) is 43.3 Å². The SMILES string of the molecule is COc1cccc(NC(=O)CC(=O)N2CCN(c3ccccc3F)CC2)c1. The van der Waals surface area contributed by atoms with E-state index in [4.69, 9.17) is 4.74 Å². The summed E-state index contributed by atoms with van der Waals surface area (Å²) in [6.45, 7) is 1.98. The van der Waals surface area contributed by atoms with E-state index in [0.717, 1.165) is 0 Å². The van der Waals surface area contributed by atoms with Gasteiger partial charge in [0.1, 0.15) is 18.0 Å². The number of para-hydroxylation sites is 1. The highest BCUT2D eigenvalue weighted by Crippen LogP contribution is 2.20. The minimum Gasteiger partial charge on any atom is -0.497 e. The molecular weight excluding hydrogens is 349 g/mol. The fourth-order valence-electron chi connectivity index (χ4n) is 3.06. The Labute approximate surface area is 157 Å². The van der Waals surface area contributed by atoms with E-state index in [1.807, 2.05) is 4.90 Å². The summed E-state index contributed by atoms with van der Waals surface area (Å²) in [6.07, 6.45) is -0.225. The quantitative estimate of drug-likeness (QED) is 0.821. The van der Waals surface area contributed by atoms with Crippen molar-refractivity contribution in [3.63, 3.8) is 0 Å². The van der Waals surface area contributed by atoms with Crippen LogP contribution < -0.4 is 15.0 Å². The zero-order valence-electron chi connectivity index (χ0n) is 15.2. The number of amides is 2. The predicted molar refractivity (Wildman–Crippen MR) is 101 cm³/mol. The lowest BCUT2D eigenvalue weighted by Crippen LogP contribution is -2.49. The fraction of sp³-hybridized carbons (Fsp3) is 0.300. The van der Waals surface area contributed by atoms with Gasteiger partial charge in [-0.3, -0.25) is 9.59 Å². The molecule has 2 aromatic rings. The van der Waals surface area contributed by atoms with E-state index in [1.54, 1.807) is 54.5 Å². The van der Waals surface area contributed by atoms with Crippen LogP contribution >= 0.6 is 0 Å². The van der Waals surface area contributed by atoms with E-state index in [2.05, 4.69) is 5.32 Å². The molecule has 27 heavy (non-hydrogen) atoms. The molecule has 2 aromatic carbocycles. The van der Waals surface area contributed by atoms with Crippen molar-refractivity contribution in [2.45, 2.75) is 6.42 Å². The Morgan fingerprint density at radius 3 is 2.52 bits per heavy atom. The summed E-state index contributed by atoms with van der Waals surface area (Å²) in [5, 5.41) is 2.70. The molecule has 0 saturated carbocycles. The van der Waals surface area contributed by atoms with Gasteiger partial charge >= 0.3 is 0 Å².